The van der Waals surface area contributed by atoms with Crippen LogP contribution in [0.3, 0.4) is 0 Å². The summed E-state index contributed by atoms with van der Waals surface area (Å²) in [7, 11) is 0. The Kier molecular flexibility index (Phi) is 14.3. The highest BCUT2D eigenvalue weighted by atomic mass is 16.5. The van der Waals surface area contributed by atoms with Gasteiger partial charge in [0.1, 0.15) is 18.0 Å². The molecule has 0 aromatic heterocycles. The summed E-state index contributed by atoms with van der Waals surface area (Å²) in [5, 5.41) is 3.68. The number of amides is 1. The number of carbonyl (C=O) groups excluding carboxylic acids is 3. The van der Waals surface area contributed by atoms with Gasteiger partial charge in [0.05, 0.1) is 6.04 Å². The summed E-state index contributed by atoms with van der Waals surface area (Å²) in [4.78, 5) is 40.8. The van der Waals surface area contributed by atoms with Crippen molar-refractivity contribution in [2.75, 3.05) is 6.61 Å². The highest BCUT2D eigenvalue weighted by Crippen LogP contribution is 2.30. The van der Waals surface area contributed by atoms with Crippen LogP contribution in [0.15, 0.2) is 30.3 Å². The molecule has 0 unspecified atom stereocenters. The molecule has 246 valence electrons. The Morgan fingerprint density at radius 2 is 1.34 bits per heavy atom. The molecule has 1 aromatic rings. The summed E-state index contributed by atoms with van der Waals surface area (Å²) in [6.45, 7) is 4.12. The molecule has 6 heterocycles. The molecule has 4 bridgehead atoms. The minimum absolute atomic E-state index is 0.0294. The molecular formula is C36H56N2O6. The van der Waals surface area contributed by atoms with E-state index in [1.165, 1.54) is 0 Å². The number of para-hydroxylation sites is 1. The van der Waals surface area contributed by atoms with E-state index in [1.807, 2.05) is 42.2 Å². The molecule has 0 radical (unpaired) electrons. The van der Waals surface area contributed by atoms with Gasteiger partial charge in [0.2, 0.25) is 0 Å². The molecule has 0 saturated carbocycles. The van der Waals surface area contributed by atoms with Crippen LogP contribution in [0.5, 0.6) is 5.75 Å². The highest BCUT2D eigenvalue weighted by molar-refractivity contribution is 5.79. The molecule has 6 aliphatic rings. The SMILES string of the molecule is C[C@@H]1N[C@@H]2CCCCCCCC(=O)O[C@H]3CC[C@@H](CCCCCCCC(=O)O[C@H]1CC2)N(C(=O)COc1ccccc1)[C@H]3C. The fourth-order valence-corrected chi connectivity index (χ4v) is 7.25. The molecule has 44 heavy (non-hydrogen) atoms. The van der Waals surface area contributed by atoms with E-state index in [0.717, 1.165) is 103 Å². The van der Waals surface area contributed by atoms with Gasteiger partial charge < -0.3 is 24.4 Å². The number of rotatable bonds is 3. The van der Waals surface area contributed by atoms with Crippen LogP contribution in [0, 0.1) is 0 Å². The lowest BCUT2D eigenvalue weighted by Crippen LogP contribution is -2.56. The van der Waals surface area contributed by atoms with Gasteiger partial charge in [-0.1, -0.05) is 69.6 Å². The second-order valence-electron chi connectivity index (χ2n) is 13.3. The Morgan fingerprint density at radius 1 is 0.750 bits per heavy atom. The van der Waals surface area contributed by atoms with Crippen molar-refractivity contribution in [1.82, 2.24) is 10.2 Å². The van der Waals surface area contributed by atoms with Crippen LogP contribution in [-0.2, 0) is 23.9 Å². The molecule has 8 heteroatoms. The lowest BCUT2D eigenvalue weighted by molar-refractivity contribution is -0.163. The number of nitrogens with zero attached hydrogens (tertiary/aromatic N) is 1. The molecule has 7 rings (SSSR count). The summed E-state index contributed by atoms with van der Waals surface area (Å²) in [6, 6.07) is 10.00. The lowest BCUT2D eigenvalue weighted by Gasteiger charge is -2.44. The van der Waals surface area contributed by atoms with Crippen molar-refractivity contribution in [2.45, 2.75) is 166 Å². The van der Waals surface area contributed by atoms with Crippen molar-refractivity contribution in [3.63, 3.8) is 0 Å². The molecule has 0 aliphatic carbocycles. The topological polar surface area (TPSA) is 94.2 Å². The first-order valence-corrected chi connectivity index (χ1v) is 17.5. The first-order chi connectivity index (χ1) is 21.4. The summed E-state index contributed by atoms with van der Waals surface area (Å²) < 4.78 is 17.7. The summed E-state index contributed by atoms with van der Waals surface area (Å²) in [6.07, 6.45) is 16.5. The third-order valence-electron chi connectivity index (χ3n) is 9.82. The average molecular weight is 613 g/mol. The third kappa shape index (κ3) is 11.1. The predicted molar refractivity (Wildman–Crippen MR) is 171 cm³/mol. The number of hydrogen-bond acceptors (Lipinski definition) is 7. The molecule has 8 nitrogen and oxygen atoms in total. The van der Waals surface area contributed by atoms with Crippen LogP contribution < -0.4 is 10.1 Å². The van der Waals surface area contributed by atoms with E-state index in [4.69, 9.17) is 14.2 Å². The Balaban J connectivity index is 1.33. The zero-order valence-corrected chi connectivity index (χ0v) is 27.2. The van der Waals surface area contributed by atoms with Gasteiger partial charge in [0.25, 0.3) is 5.91 Å². The normalized spacial score (nSPS) is 30.7. The van der Waals surface area contributed by atoms with Gasteiger partial charge in [-0.05, 0) is 77.3 Å². The summed E-state index contributed by atoms with van der Waals surface area (Å²) in [5.74, 6) is 0.397. The molecule has 6 atom stereocenters. The van der Waals surface area contributed by atoms with Crippen molar-refractivity contribution in [3.8, 4) is 5.75 Å². The number of esters is 2. The Labute approximate surface area is 264 Å². The number of piperidine rings is 2. The van der Waals surface area contributed by atoms with Crippen LogP contribution >= 0.6 is 0 Å². The minimum atomic E-state index is -0.289. The summed E-state index contributed by atoms with van der Waals surface area (Å²) in [5.41, 5.74) is 0. The van der Waals surface area contributed by atoms with Gasteiger partial charge in [-0.25, -0.2) is 0 Å². The molecule has 1 N–H and O–H groups in total. The second kappa shape index (κ2) is 18.4. The first kappa shape index (κ1) is 34.3. The number of nitrogens with one attached hydrogen (secondary N) is 1. The van der Waals surface area contributed by atoms with E-state index in [2.05, 4.69) is 12.2 Å². The van der Waals surface area contributed by atoms with E-state index < -0.39 is 0 Å². The first-order valence-electron chi connectivity index (χ1n) is 17.5. The number of ether oxygens (including phenoxy) is 3. The van der Waals surface area contributed by atoms with Gasteiger partial charge in [0, 0.05) is 31.0 Å². The minimum Gasteiger partial charge on any atom is -0.484 e. The second-order valence-corrected chi connectivity index (χ2v) is 13.3. The fourth-order valence-electron chi connectivity index (χ4n) is 7.25. The van der Waals surface area contributed by atoms with Crippen LogP contribution in [0.4, 0.5) is 0 Å². The Bertz CT molecular complexity index is 1020. The van der Waals surface area contributed by atoms with E-state index in [1.54, 1.807) is 0 Å². The molecule has 6 fully saturated rings. The molecule has 1 aromatic carbocycles. The molecule has 0 spiro atoms. The van der Waals surface area contributed by atoms with Crippen molar-refractivity contribution in [1.29, 1.82) is 0 Å². The highest BCUT2D eigenvalue weighted by Gasteiger charge is 2.39. The Morgan fingerprint density at radius 3 is 2.02 bits per heavy atom. The predicted octanol–water partition coefficient (Wildman–Crippen LogP) is 6.88. The maximum atomic E-state index is 13.5. The smallest absolute Gasteiger partial charge is 0.306 e. The molecular weight excluding hydrogens is 556 g/mol. The number of hydrogen-bond donors (Lipinski definition) is 1. The number of benzene rings is 1. The van der Waals surface area contributed by atoms with Gasteiger partial charge in [0.15, 0.2) is 6.61 Å². The number of carbonyl (C=O) groups is 3. The van der Waals surface area contributed by atoms with Crippen LogP contribution in [0.25, 0.3) is 0 Å². The molecule has 6 aliphatic heterocycles. The molecule has 6 saturated heterocycles. The van der Waals surface area contributed by atoms with Crippen LogP contribution in [0.1, 0.15) is 129 Å². The monoisotopic (exact) mass is 612 g/mol. The zero-order valence-electron chi connectivity index (χ0n) is 27.2. The van der Waals surface area contributed by atoms with Gasteiger partial charge in [-0.2, -0.15) is 0 Å². The van der Waals surface area contributed by atoms with Crippen LogP contribution in [0.2, 0.25) is 0 Å². The maximum Gasteiger partial charge on any atom is 0.306 e. The lowest BCUT2D eigenvalue weighted by atomic mass is 9.90. The van der Waals surface area contributed by atoms with E-state index >= 15 is 0 Å². The van der Waals surface area contributed by atoms with Gasteiger partial charge >= 0.3 is 11.9 Å². The van der Waals surface area contributed by atoms with Gasteiger partial charge in [-0.15, -0.1) is 0 Å². The van der Waals surface area contributed by atoms with Crippen molar-refractivity contribution in [3.05, 3.63) is 30.3 Å². The third-order valence-corrected chi connectivity index (χ3v) is 9.82. The quantitative estimate of drug-likeness (QED) is 0.372. The van der Waals surface area contributed by atoms with E-state index in [0.29, 0.717) is 24.6 Å². The van der Waals surface area contributed by atoms with Crippen LogP contribution in [-0.4, -0.2) is 65.7 Å². The Hall–Kier alpha value is -2.61. The maximum absolute atomic E-state index is 13.5. The zero-order chi connectivity index (χ0) is 31.1. The average Bonchev–Trinajstić information content (AvgIpc) is 3.01. The fraction of sp³-hybridized carbons (Fsp3) is 0.750. The largest absolute Gasteiger partial charge is 0.484 e. The van der Waals surface area contributed by atoms with Crippen molar-refractivity contribution < 1.29 is 28.6 Å². The van der Waals surface area contributed by atoms with Gasteiger partial charge in [-0.3, -0.25) is 14.4 Å². The van der Waals surface area contributed by atoms with Crippen molar-refractivity contribution in [2.24, 2.45) is 0 Å². The summed E-state index contributed by atoms with van der Waals surface area (Å²) >= 11 is 0. The standard InChI is InChI=1S/C36H56N2O6/c1-27-32-24-22-29(37-27)16-10-5-3-7-15-21-36(41)44-33-25-23-30(17-11-6-4-8-14-20-35(40)43-32)38(28(33)2)34(39)26-42-31-18-12-9-13-19-31/h9,12-13,18-19,27-30,32-33,37H,3-8,10-11,14-17,20-26H2,1-2H3/t27-,28-,29+,30+,32-,33-/m0/s1. The molecule has 1 amide bonds. The van der Waals surface area contributed by atoms with E-state index in [-0.39, 0.29) is 54.8 Å². The van der Waals surface area contributed by atoms with E-state index in [9.17, 15) is 14.4 Å². The van der Waals surface area contributed by atoms with Crippen molar-refractivity contribution >= 4 is 17.8 Å².